The second kappa shape index (κ2) is 6.76. The van der Waals surface area contributed by atoms with Gasteiger partial charge in [-0.1, -0.05) is 11.6 Å². The first-order valence-corrected chi connectivity index (χ1v) is 7.77. The van der Waals surface area contributed by atoms with Crippen molar-refractivity contribution in [3.05, 3.63) is 64.2 Å². The zero-order valence-electron chi connectivity index (χ0n) is 13.1. The average molecular weight is 368 g/mol. The van der Waals surface area contributed by atoms with Gasteiger partial charge in [0.25, 0.3) is 5.91 Å². The number of hydrogen-bond acceptors (Lipinski definition) is 2. The van der Waals surface area contributed by atoms with Crippen molar-refractivity contribution in [2.75, 3.05) is 13.6 Å². The predicted octanol–water partition coefficient (Wildman–Crippen LogP) is 3.95. The summed E-state index contributed by atoms with van der Waals surface area (Å²) in [4.78, 5) is 20.9. The molecule has 0 aliphatic carbocycles. The largest absolute Gasteiger partial charge is 0.342 e. The van der Waals surface area contributed by atoms with Gasteiger partial charge in [0.2, 0.25) is 0 Å². The van der Waals surface area contributed by atoms with Gasteiger partial charge in [0.15, 0.2) is 11.6 Å². The SMILES string of the molecule is CN(CCc1nc2ccc(Cl)cc2[nH]1)C(=O)c1cc(F)c(F)cc1F. The van der Waals surface area contributed by atoms with Gasteiger partial charge in [0.1, 0.15) is 11.6 Å². The summed E-state index contributed by atoms with van der Waals surface area (Å²) in [6, 6.07) is 6.14. The van der Waals surface area contributed by atoms with Crippen LogP contribution >= 0.6 is 11.6 Å². The molecule has 0 saturated carbocycles. The van der Waals surface area contributed by atoms with E-state index in [0.29, 0.717) is 29.4 Å². The fraction of sp³-hybridized carbons (Fsp3) is 0.176. The molecule has 2 aromatic carbocycles. The number of likely N-dealkylation sites (N-methyl/N-ethyl adjacent to an activating group) is 1. The Morgan fingerprint density at radius 2 is 1.88 bits per heavy atom. The molecular weight excluding hydrogens is 355 g/mol. The van der Waals surface area contributed by atoms with Gasteiger partial charge in [-0.3, -0.25) is 4.79 Å². The van der Waals surface area contributed by atoms with Crippen LogP contribution in [0.1, 0.15) is 16.2 Å². The molecule has 3 rings (SSSR count). The molecule has 0 spiro atoms. The smallest absolute Gasteiger partial charge is 0.256 e. The van der Waals surface area contributed by atoms with Crippen LogP contribution in [0.15, 0.2) is 30.3 Å². The first-order valence-electron chi connectivity index (χ1n) is 7.39. The van der Waals surface area contributed by atoms with Gasteiger partial charge in [-0.2, -0.15) is 0 Å². The molecule has 4 nitrogen and oxygen atoms in total. The van der Waals surface area contributed by atoms with Gasteiger partial charge in [-0.15, -0.1) is 0 Å². The summed E-state index contributed by atoms with van der Waals surface area (Å²) in [5, 5.41) is 0.573. The summed E-state index contributed by atoms with van der Waals surface area (Å²) in [5.41, 5.74) is 0.987. The monoisotopic (exact) mass is 367 g/mol. The lowest BCUT2D eigenvalue weighted by molar-refractivity contribution is 0.0790. The van der Waals surface area contributed by atoms with Crippen molar-refractivity contribution < 1.29 is 18.0 Å². The lowest BCUT2D eigenvalue weighted by Crippen LogP contribution is -2.30. The van der Waals surface area contributed by atoms with Crippen LogP contribution in [0.2, 0.25) is 5.02 Å². The van der Waals surface area contributed by atoms with Crippen LogP contribution in [0.25, 0.3) is 11.0 Å². The lowest BCUT2D eigenvalue weighted by atomic mass is 10.1. The molecule has 1 N–H and O–H groups in total. The zero-order chi connectivity index (χ0) is 18.1. The van der Waals surface area contributed by atoms with E-state index in [4.69, 9.17) is 11.6 Å². The van der Waals surface area contributed by atoms with E-state index in [9.17, 15) is 18.0 Å². The number of nitrogens with one attached hydrogen (secondary N) is 1. The maximum absolute atomic E-state index is 13.7. The van der Waals surface area contributed by atoms with Crippen molar-refractivity contribution in [1.82, 2.24) is 14.9 Å². The van der Waals surface area contributed by atoms with Crippen molar-refractivity contribution in [3.63, 3.8) is 0 Å². The minimum absolute atomic E-state index is 0.213. The van der Waals surface area contributed by atoms with E-state index in [1.807, 2.05) is 0 Å². The number of imidazole rings is 1. The van der Waals surface area contributed by atoms with Crippen LogP contribution in [0.4, 0.5) is 13.2 Å². The van der Waals surface area contributed by atoms with Crippen molar-refractivity contribution in [3.8, 4) is 0 Å². The number of fused-ring (bicyclic) bond motifs is 1. The van der Waals surface area contributed by atoms with Gasteiger partial charge in [0, 0.05) is 31.1 Å². The number of aromatic nitrogens is 2. The minimum atomic E-state index is -1.34. The number of carbonyl (C=O) groups is 1. The summed E-state index contributed by atoms with van der Waals surface area (Å²) in [6.45, 7) is 0.213. The number of aromatic amines is 1. The third kappa shape index (κ3) is 3.61. The number of hydrogen-bond donors (Lipinski definition) is 1. The highest BCUT2D eigenvalue weighted by Crippen LogP contribution is 2.18. The molecule has 0 saturated heterocycles. The van der Waals surface area contributed by atoms with Crippen molar-refractivity contribution in [2.45, 2.75) is 6.42 Å². The Morgan fingerprint density at radius 1 is 1.16 bits per heavy atom. The summed E-state index contributed by atoms with van der Waals surface area (Å²) < 4.78 is 39.9. The molecule has 130 valence electrons. The molecule has 0 fully saturated rings. The van der Waals surface area contributed by atoms with Crippen LogP contribution < -0.4 is 0 Å². The second-order valence-electron chi connectivity index (χ2n) is 5.57. The van der Waals surface area contributed by atoms with Crippen LogP contribution in [0.3, 0.4) is 0 Å². The third-order valence-corrected chi connectivity index (χ3v) is 4.00. The Labute approximate surface area is 146 Å². The molecule has 1 aromatic heterocycles. The Hall–Kier alpha value is -2.54. The van der Waals surface area contributed by atoms with E-state index >= 15 is 0 Å². The molecule has 1 amide bonds. The number of amides is 1. The highest BCUT2D eigenvalue weighted by molar-refractivity contribution is 6.31. The fourth-order valence-corrected chi connectivity index (χ4v) is 2.59. The van der Waals surface area contributed by atoms with Crippen molar-refractivity contribution >= 4 is 28.5 Å². The minimum Gasteiger partial charge on any atom is -0.342 e. The van der Waals surface area contributed by atoms with E-state index in [0.717, 1.165) is 11.0 Å². The van der Waals surface area contributed by atoms with E-state index < -0.39 is 28.9 Å². The molecule has 0 unspecified atom stereocenters. The molecule has 0 bridgehead atoms. The van der Waals surface area contributed by atoms with Crippen LogP contribution in [-0.4, -0.2) is 34.4 Å². The number of nitrogens with zero attached hydrogens (tertiary/aromatic N) is 2. The summed E-state index contributed by atoms with van der Waals surface area (Å²) in [6.07, 6.45) is 0.375. The number of rotatable bonds is 4. The highest BCUT2D eigenvalue weighted by atomic mass is 35.5. The molecule has 8 heteroatoms. The molecule has 0 atom stereocenters. The number of carbonyl (C=O) groups excluding carboxylic acids is 1. The van der Waals surface area contributed by atoms with Gasteiger partial charge in [-0.05, 0) is 24.3 Å². The molecule has 0 aliphatic rings. The van der Waals surface area contributed by atoms with Gasteiger partial charge in [0.05, 0.1) is 16.6 Å². The molecule has 25 heavy (non-hydrogen) atoms. The van der Waals surface area contributed by atoms with Crippen LogP contribution in [0, 0.1) is 17.5 Å². The maximum Gasteiger partial charge on any atom is 0.256 e. The highest BCUT2D eigenvalue weighted by Gasteiger charge is 2.19. The lowest BCUT2D eigenvalue weighted by Gasteiger charge is -2.17. The van der Waals surface area contributed by atoms with Gasteiger partial charge >= 0.3 is 0 Å². The fourth-order valence-electron chi connectivity index (χ4n) is 2.42. The van der Waals surface area contributed by atoms with E-state index in [-0.39, 0.29) is 6.54 Å². The number of H-pyrrole nitrogens is 1. The predicted molar refractivity (Wildman–Crippen MR) is 88.1 cm³/mol. The standard InChI is InChI=1S/C17H13ClF3N3O/c1-24(17(25)10-7-12(20)13(21)8-11(10)19)5-4-16-22-14-3-2-9(18)6-15(14)23-16/h2-3,6-8H,4-5H2,1H3,(H,22,23). The maximum atomic E-state index is 13.7. The Balaban J connectivity index is 1.72. The topological polar surface area (TPSA) is 49.0 Å². The van der Waals surface area contributed by atoms with Gasteiger partial charge < -0.3 is 9.88 Å². The van der Waals surface area contributed by atoms with Crippen LogP contribution in [0.5, 0.6) is 0 Å². The molecule has 1 heterocycles. The number of benzene rings is 2. The first-order chi connectivity index (χ1) is 11.8. The van der Waals surface area contributed by atoms with Crippen molar-refractivity contribution in [2.24, 2.45) is 0 Å². The molecule has 0 radical (unpaired) electrons. The average Bonchev–Trinajstić information content (AvgIpc) is 2.97. The zero-order valence-corrected chi connectivity index (χ0v) is 13.9. The quantitative estimate of drug-likeness (QED) is 0.710. The number of halogens is 4. The molecule has 3 aromatic rings. The van der Waals surface area contributed by atoms with E-state index in [2.05, 4.69) is 9.97 Å². The van der Waals surface area contributed by atoms with E-state index in [1.165, 1.54) is 11.9 Å². The second-order valence-corrected chi connectivity index (χ2v) is 6.00. The normalized spacial score (nSPS) is 11.1. The Morgan fingerprint density at radius 3 is 2.64 bits per heavy atom. The van der Waals surface area contributed by atoms with Crippen LogP contribution in [-0.2, 0) is 6.42 Å². The Bertz CT molecular complexity index is 958. The summed E-state index contributed by atoms with van der Waals surface area (Å²) >= 11 is 5.91. The Kier molecular flexibility index (Phi) is 4.67. The van der Waals surface area contributed by atoms with Crippen molar-refractivity contribution in [1.29, 1.82) is 0 Å². The first kappa shape index (κ1) is 17.3. The van der Waals surface area contributed by atoms with Gasteiger partial charge in [-0.25, -0.2) is 18.2 Å². The third-order valence-electron chi connectivity index (χ3n) is 3.76. The summed E-state index contributed by atoms with van der Waals surface area (Å²) in [7, 11) is 1.45. The molecular formula is C17H13ClF3N3O. The summed E-state index contributed by atoms with van der Waals surface area (Å²) in [5.74, 6) is -3.82. The van der Waals surface area contributed by atoms with E-state index in [1.54, 1.807) is 18.2 Å². The molecule has 0 aliphatic heterocycles.